The molecule has 0 saturated carbocycles. The molecule has 0 saturated heterocycles. The molecule has 0 bridgehead atoms. The third-order valence-corrected chi connectivity index (χ3v) is 5.10. The van der Waals surface area contributed by atoms with E-state index in [4.69, 9.17) is 0 Å². The van der Waals surface area contributed by atoms with Crippen molar-refractivity contribution in [2.75, 3.05) is 14.2 Å². The summed E-state index contributed by atoms with van der Waals surface area (Å²) in [7, 11) is 1.90. The normalized spacial score (nSPS) is 10.4. The van der Waals surface area contributed by atoms with Gasteiger partial charge in [0, 0.05) is 23.3 Å². The average Bonchev–Trinajstić information content (AvgIpc) is 2.86. The van der Waals surface area contributed by atoms with Gasteiger partial charge in [0.25, 0.3) is 11.4 Å². The highest BCUT2D eigenvalue weighted by Gasteiger charge is 2.32. The molecule has 13 heteroatoms. The van der Waals surface area contributed by atoms with Gasteiger partial charge in [-0.15, -0.1) is 0 Å². The molecule has 184 valence electrons. The largest absolute Gasteiger partial charge is 0.507 e. The fraction of sp³-hybridized carbons (Fsp3) is 0.0870. The zero-order valence-electron chi connectivity index (χ0n) is 18.6. The molecule has 0 heterocycles. The lowest BCUT2D eigenvalue weighted by Crippen LogP contribution is -2.15. The minimum absolute atomic E-state index is 0.295. The Kier molecular flexibility index (Phi) is 6.95. The lowest BCUT2D eigenvalue weighted by Gasteiger charge is -2.17. The number of nitro groups is 2. The van der Waals surface area contributed by atoms with Crippen molar-refractivity contribution in [1.29, 1.82) is 0 Å². The number of carbonyl (C=O) groups is 3. The predicted molar refractivity (Wildman–Crippen MR) is 121 cm³/mol. The second-order valence-corrected chi connectivity index (χ2v) is 7.15. The van der Waals surface area contributed by atoms with E-state index in [9.17, 15) is 44.8 Å². The summed E-state index contributed by atoms with van der Waals surface area (Å²) in [4.78, 5) is 59.6. The number of phenols is 2. The van der Waals surface area contributed by atoms with Crippen molar-refractivity contribution < 1.29 is 43.9 Å². The van der Waals surface area contributed by atoms with Crippen LogP contribution in [0.25, 0.3) is 11.1 Å². The van der Waals surface area contributed by atoms with E-state index in [0.717, 1.165) is 32.4 Å². The molecule has 3 aromatic carbocycles. The van der Waals surface area contributed by atoms with E-state index in [0.29, 0.717) is 6.07 Å². The number of hydrogen-bond donors (Lipinski definition) is 2. The van der Waals surface area contributed by atoms with Gasteiger partial charge in [-0.25, -0.2) is 9.59 Å². The Bertz CT molecular complexity index is 1410. The van der Waals surface area contributed by atoms with Crippen molar-refractivity contribution in [2.24, 2.45) is 0 Å². The van der Waals surface area contributed by atoms with Crippen molar-refractivity contribution in [3.05, 3.63) is 91.0 Å². The summed E-state index contributed by atoms with van der Waals surface area (Å²) in [5.41, 5.74) is -4.64. The van der Waals surface area contributed by atoms with Gasteiger partial charge in [0.2, 0.25) is 0 Å². The van der Waals surface area contributed by atoms with Crippen molar-refractivity contribution in [3.8, 4) is 22.6 Å². The van der Waals surface area contributed by atoms with Crippen LogP contribution in [0.2, 0.25) is 0 Å². The highest BCUT2D eigenvalue weighted by atomic mass is 16.6. The smallest absolute Gasteiger partial charge is 0.342 e. The van der Waals surface area contributed by atoms with Crippen molar-refractivity contribution in [2.45, 2.75) is 0 Å². The maximum atomic E-state index is 13.5. The van der Waals surface area contributed by atoms with Crippen LogP contribution in [-0.4, -0.2) is 52.0 Å². The molecule has 0 spiro atoms. The van der Waals surface area contributed by atoms with Crippen LogP contribution in [0, 0.1) is 20.2 Å². The van der Waals surface area contributed by atoms with Crippen LogP contribution in [0.5, 0.6) is 11.5 Å². The Labute approximate surface area is 201 Å². The van der Waals surface area contributed by atoms with E-state index >= 15 is 0 Å². The number of nitro benzene ring substituents is 2. The minimum atomic E-state index is -1.27. The second kappa shape index (κ2) is 9.89. The lowest BCUT2D eigenvalue weighted by atomic mass is 9.86. The summed E-state index contributed by atoms with van der Waals surface area (Å²) in [6, 6.07) is 8.44. The number of benzene rings is 3. The lowest BCUT2D eigenvalue weighted by molar-refractivity contribution is -0.394. The van der Waals surface area contributed by atoms with Gasteiger partial charge in [0.1, 0.15) is 22.6 Å². The minimum Gasteiger partial charge on any atom is -0.507 e. The molecule has 0 unspecified atom stereocenters. The fourth-order valence-corrected chi connectivity index (χ4v) is 3.48. The summed E-state index contributed by atoms with van der Waals surface area (Å²) in [5, 5.41) is 43.9. The third-order valence-electron chi connectivity index (χ3n) is 5.10. The Morgan fingerprint density at radius 2 is 1.33 bits per heavy atom. The summed E-state index contributed by atoms with van der Waals surface area (Å²) >= 11 is 0. The van der Waals surface area contributed by atoms with E-state index in [2.05, 4.69) is 9.47 Å². The highest BCUT2D eigenvalue weighted by Crippen LogP contribution is 2.41. The van der Waals surface area contributed by atoms with Gasteiger partial charge in [0.05, 0.1) is 35.7 Å². The molecule has 3 rings (SSSR count). The molecule has 0 aliphatic heterocycles. The molecular formula is C23H16N2O11. The van der Waals surface area contributed by atoms with Crippen LogP contribution >= 0.6 is 0 Å². The molecule has 13 nitrogen and oxygen atoms in total. The van der Waals surface area contributed by atoms with Crippen LogP contribution in [0.1, 0.15) is 36.6 Å². The van der Waals surface area contributed by atoms with Crippen LogP contribution in [-0.2, 0) is 9.47 Å². The zero-order chi connectivity index (χ0) is 26.7. The first-order chi connectivity index (χ1) is 17.0. The first kappa shape index (κ1) is 25.3. The Morgan fingerprint density at radius 3 is 1.83 bits per heavy atom. The number of methoxy groups -OCH3 is 2. The Hall–Kier alpha value is -5.33. The number of para-hydroxylation sites is 1. The van der Waals surface area contributed by atoms with E-state index < -0.39 is 72.7 Å². The van der Waals surface area contributed by atoms with Crippen molar-refractivity contribution in [3.63, 3.8) is 0 Å². The zero-order valence-corrected chi connectivity index (χ0v) is 18.6. The van der Waals surface area contributed by atoms with E-state index in [1.165, 1.54) is 24.3 Å². The summed E-state index contributed by atoms with van der Waals surface area (Å²) in [5.74, 6) is -4.88. The molecule has 0 aliphatic carbocycles. The van der Waals surface area contributed by atoms with Crippen LogP contribution in [0.3, 0.4) is 0 Å². The molecule has 0 radical (unpaired) electrons. The summed E-state index contributed by atoms with van der Waals surface area (Å²) in [6.45, 7) is 0. The molecule has 0 aromatic heterocycles. The standard InChI is InChI=1S/C23H16N2O11/c1-35-22(29)16-10-15(20(27)14-5-3-4-6-17(14)26)18(19(21(16)28)23(30)36-2)11-7-12(24(31)32)9-13(8-11)25(33)34/h3-10,26,28H,1-2H3. The molecular weight excluding hydrogens is 480 g/mol. The Morgan fingerprint density at radius 1 is 0.778 bits per heavy atom. The number of hydrogen-bond acceptors (Lipinski definition) is 11. The summed E-state index contributed by atoms with van der Waals surface area (Å²) < 4.78 is 9.29. The third kappa shape index (κ3) is 4.52. The number of aromatic hydroxyl groups is 2. The van der Waals surface area contributed by atoms with E-state index in [1.54, 1.807) is 0 Å². The van der Waals surface area contributed by atoms with Gasteiger partial charge >= 0.3 is 11.9 Å². The maximum absolute atomic E-state index is 13.5. The molecule has 0 fully saturated rings. The second-order valence-electron chi connectivity index (χ2n) is 7.15. The molecule has 36 heavy (non-hydrogen) atoms. The van der Waals surface area contributed by atoms with Crippen LogP contribution in [0.15, 0.2) is 48.5 Å². The molecule has 0 amide bonds. The monoisotopic (exact) mass is 496 g/mol. The highest BCUT2D eigenvalue weighted by molar-refractivity contribution is 6.19. The number of rotatable bonds is 7. The van der Waals surface area contributed by atoms with E-state index in [1.807, 2.05) is 0 Å². The number of esters is 2. The Balaban J connectivity index is 2.56. The number of carbonyl (C=O) groups excluding carboxylic acids is 3. The number of non-ortho nitro benzene ring substituents is 2. The quantitative estimate of drug-likeness (QED) is 0.210. The van der Waals surface area contributed by atoms with Gasteiger partial charge in [-0.3, -0.25) is 25.0 Å². The molecule has 0 aliphatic rings. The van der Waals surface area contributed by atoms with Gasteiger partial charge in [-0.2, -0.15) is 0 Å². The first-order valence-electron chi connectivity index (χ1n) is 9.85. The average molecular weight is 496 g/mol. The van der Waals surface area contributed by atoms with E-state index in [-0.39, 0.29) is 11.1 Å². The van der Waals surface area contributed by atoms with Gasteiger partial charge < -0.3 is 19.7 Å². The maximum Gasteiger partial charge on any atom is 0.342 e. The fourth-order valence-electron chi connectivity index (χ4n) is 3.48. The van der Waals surface area contributed by atoms with Crippen molar-refractivity contribution >= 4 is 29.1 Å². The van der Waals surface area contributed by atoms with Gasteiger partial charge in [-0.1, -0.05) is 12.1 Å². The number of phenolic OH excluding ortho intramolecular Hbond substituents is 2. The number of ether oxygens (including phenoxy) is 2. The topological polar surface area (TPSA) is 196 Å². The summed E-state index contributed by atoms with van der Waals surface area (Å²) in [6.07, 6.45) is 0. The first-order valence-corrected chi connectivity index (χ1v) is 9.85. The van der Waals surface area contributed by atoms with Crippen LogP contribution < -0.4 is 0 Å². The van der Waals surface area contributed by atoms with Gasteiger partial charge in [0.15, 0.2) is 5.78 Å². The number of nitrogens with zero attached hydrogens (tertiary/aromatic N) is 2. The predicted octanol–water partition coefficient (Wildman–Crippen LogP) is 3.39. The van der Waals surface area contributed by atoms with Gasteiger partial charge in [-0.05, 0) is 23.8 Å². The number of ketones is 1. The SMILES string of the molecule is COC(=O)c1cc(C(=O)c2ccccc2O)c(-c2cc([N+](=O)[O-])cc([N+](=O)[O-])c2)c(C(=O)OC)c1O. The molecule has 3 aromatic rings. The van der Waals surface area contributed by atoms with Crippen LogP contribution in [0.4, 0.5) is 11.4 Å². The molecule has 2 N–H and O–H groups in total. The van der Waals surface area contributed by atoms with Crippen molar-refractivity contribution in [1.82, 2.24) is 0 Å². The molecule has 0 atom stereocenters.